The molecule has 8 heteroatoms. The Bertz CT molecular complexity index is 943. The summed E-state index contributed by atoms with van der Waals surface area (Å²) >= 11 is 6.08. The number of nitrogens with one attached hydrogen (secondary N) is 2. The molecule has 1 saturated carbocycles. The lowest BCUT2D eigenvalue weighted by Crippen LogP contribution is -2.29. The summed E-state index contributed by atoms with van der Waals surface area (Å²) in [6.07, 6.45) is 2.22. The molecule has 0 aliphatic heterocycles. The maximum Gasteiger partial charge on any atom is 0.328 e. The van der Waals surface area contributed by atoms with E-state index < -0.39 is 17.3 Å². The Hall–Kier alpha value is -2.93. The zero-order chi connectivity index (χ0) is 21.0. The molecule has 0 radical (unpaired) electrons. The molecule has 0 spiro atoms. The van der Waals surface area contributed by atoms with Crippen molar-refractivity contribution in [2.75, 3.05) is 19.0 Å². The van der Waals surface area contributed by atoms with Gasteiger partial charge in [0.2, 0.25) is 0 Å². The Morgan fingerprint density at radius 2 is 1.97 bits per heavy atom. The van der Waals surface area contributed by atoms with Gasteiger partial charge in [0.05, 0.1) is 12.7 Å². The van der Waals surface area contributed by atoms with Crippen LogP contribution in [0.25, 0.3) is 0 Å². The lowest BCUT2D eigenvalue weighted by molar-refractivity contribution is -0.140. The molecule has 2 amide bonds. The number of halogens is 1. The highest BCUT2D eigenvalue weighted by Crippen LogP contribution is 2.28. The second-order valence-electron chi connectivity index (χ2n) is 6.97. The Morgan fingerprint density at radius 1 is 1.21 bits per heavy atom. The molecule has 0 bridgehead atoms. The molecule has 1 unspecified atom stereocenters. The molecule has 7 nitrogen and oxygen atoms in total. The number of carbonyl (C=O) groups excluding carboxylic acids is 3. The third-order valence-corrected chi connectivity index (χ3v) is 5.02. The van der Waals surface area contributed by atoms with Crippen LogP contribution in [0.4, 0.5) is 5.69 Å². The number of hydrogen-bond donors (Lipinski definition) is 2. The number of methoxy groups -OCH3 is 1. The van der Waals surface area contributed by atoms with Crippen molar-refractivity contribution < 1.29 is 19.1 Å². The Labute approximate surface area is 173 Å². The van der Waals surface area contributed by atoms with E-state index in [1.807, 2.05) is 0 Å². The number of carbonyl (C=O) groups is 3. The van der Waals surface area contributed by atoms with E-state index in [2.05, 4.69) is 20.4 Å². The third-order valence-electron chi connectivity index (χ3n) is 4.59. The van der Waals surface area contributed by atoms with Crippen molar-refractivity contribution in [2.24, 2.45) is 5.92 Å². The van der Waals surface area contributed by atoms with Gasteiger partial charge >= 0.3 is 5.97 Å². The van der Waals surface area contributed by atoms with E-state index in [1.54, 1.807) is 43.3 Å². The molecule has 1 fully saturated rings. The van der Waals surface area contributed by atoms with Crippen LogP contribution in [0.5, 0.6) is 0 Å². The molecule has 1 aromatic carbocycles. The van der Waals surface area contributed by atoms with E-state index in [1.165, 1.54) is 7.11 Å². The first-order valence-electron chi connectivity index (χ1n) is 9.28. The largest absolute Gasteiger partial charge is 0.468 e. The van der Waals surface area contributed by atoms with Crippen LogP contribution < -0.4 is 10.6 Å². The number of hydrogen-bond acceptors (Lipinski definition) is 5. The van der Waals surface area contributed by atoms with E-state index in [0.717, 1.165) is 12.8 Å². The molecule has 3 rings (SSSR count). The summed E-state index contributed by atoms with van der Waals surface area (Å²) in [7, 11) is 1.25. The Morgan fingerprint density at radius 3 is 2.66 bits per heavy atom. The van der Waals surface area contributed by atoms with Crippen LogP contribution in [0.2, 0.25) is 0 Å². The van der Waals surface area contributed by atoms with Crippen molar-refractivity contribution in [3.63, 3.8) is 0 Å². The van der Waals surface area contributed by atoms with Gasteiger partial charge < -0.3 is 15.4 Å². The molecule has 1 heterocycles. The average Bonchev–Trinajstić information content (AvgIpc) is 3.55. The van der Waals surface area contributed by atoms with Gasteiger partial charge in [-0.25, -0.2) is 4.98 Å². The van der Waals surface area contributed by atoms with Gasteiger partial charge in [-0.15, -0.1) is 11.6 Å². The van der Waals surface area contributed by atoms with Crippen molar-refractivity contribution >= 4 is 35.1 Å². The minimum atomic E-state index is -0.985. The first-order chi connectivity index (χ1) is 13.9. The predicted molar refractivity (Wildman–Crippen MR) is 109 cm³/mol. The number of pyridine rings is 1. The fraction of sp³-hybridized carbons (Fsp3) is 0.333. The van der Waals surface area contributed by atoms with Crippen molar-refractivity contribution in [3.05, 3.63) is 58.9 Å². The third kappa shape index (κ3) is 5.32. The number of aryl methyl sites for hydroxylation is 1. The summed E-state index contributed by atoms with van der Waals surface area (Å²) in [5.74, 6) is -0.920. The zero-order valence-electron chi connectivity index (χ0n) is 16.2. The van der Waals surface area contributed by atoms with E-state index in [9.17, 15) is 14.4 Å². The van der Waals surface area contributed by atoms with Crippen LogP contribution in [0.15, 0.2) is 36.4 Å². The fourth-order valence-electron chi connectivity index (χ4n) is 2.77. The van der Waals surface area contributed by atoms with Gasteiger partial charge in [-0.1, -0.05) is 12.1 Å². The molecular weight excluding hydrogens is 394 g/mol. The number of amides is 2. The summed E-state index contributed by atoms with van der Waals surface area (Å²) in [6, 6.07) is 9.83. The van der Waals surface area contributed by atoms with Gasteiger partial charge in [-0.3, -0.25) is 14.4 Å². The standard InChI is InChI=1S/C21H22ClN3O4/c1-12-6-9-16(18(24-12)20(27)23-11-13-7-8-13)19(26)25-15-5-3-4-14(10-15)17(22)21(28)29-2/h3-6,9-10,13,17H,7-8,11H2,1-2H3,(H,23,27)(H,25,26). The van der Waals surface area contributed by atoms with Gasteiger partial charge in [0.1, 0.15) is 5.69 Å². The number of ether oxygens (including phenoxy) is 1. The van der Waals surface area contributed by atoms with Crippen LogP contribution in [-0.4, -0.2) is 36.4 Å². The molecule has 0 saturated heterocycles. The maximum absolute atomic E-state index is 12.8. The van der Waals surface area contributed by atoms with Crippen molar-refractivity contribution in [1.82, 2.24) is 10.3 Å². The number of alkyl halides is 1. The number of rotatable bonds is 7. The molecule has 29 heavy (non-hydrogen) atoms. The molecule has 2 aromatic rings. The van der Waals surface area contributed by atoms with Crippen molar-refractivity contribution in [3.8, 4) is 0 Å². The minimum Gasteiger partial charge on any atom is -0.468 e. The maximum atomic E-state index is 12.8. The SMILES string of the molecule is COC(=O)C(Cl)c1cccc(NC(=O)c2ccc(C)nc2C(=O)NCC2CC2)c1. The van der Waals surface area contributed by atoms with E-state index in [4.69, 9.17) is 11.6 Å². The number of benzene rings is 1. The number of aromatic nitrogens is 1. The Balaban J connectivity index is 1.78. The van der Waals surface area contributed by atoms with Crippen LogP contribution in [0.3, 0.4) is 0 Å². The topological polar surface area (TPSA) is 97.4 Å². The van der Waals surface area contributed by atoms with Gasteiger partial charge in [-0.05, 0) is 55.5 Å². The smallest absolute Gasteiger partial charge is 0.328 e. The number of esters is 1. The van der Waals surface area contributed by atoms with Crippen LogP contribution in [0, 0.1) is 12.8 Å². The van der Waals surface area contributed by atoms with Crippen LogP contribution in [-0.2, 0) is 9.53 Å². The molecule has 1 aromatic heterocycles. The molecule has 1 aliphatic rings. The summed E-state index contributed by atoms with van der Waals surface area (Å²) in [4.78, 5) is 41.2. The lowest BCUT2D eigenvalue weighted by atomic mass is 10.1. The van der Waals surface area contributed by atoms with E-state index in [-0.39, 0.29) is 17.2 Å². The van der Waals surface area contributed by atoms with Crippen molar-refractivity contribution in [1.29, 1.82) is 0 Å². The first kappa shape index (κ1) is 20.8. The quantitative estimate of drug-likeness (QED) is 0.534. The average molecular weight is 416 g/mol. The fourth-order valence-corrected chi connectivity index (χ4v) is 2.99. The van der Waals surface area contributed by atoms with Crippen LogP contribution in [0.1, 0.15) is 50.3 Å². The van der Waals surface area contributed by atoms with Gasteiger partial charge in [0.25, 0.3) is 11.8 Å². The predicted octanol–water partition coefficient (Wildman–Crippen LogP) is 3.24. The summed E-state index contributed by atoms with van der Waals surface area (Å²) in [5.41, 5.74) is 1.82. The monoisotopic (exact) mass is 415 g/mol. The summed E-state index contributed by atoms with van der Waals surface area (Å²) in [5, 5.41) is 4.59. The highest BCUT2D eigenvalue weighted by Gasteiger charge is 2.25. The van der Waals surface area contributed by atoms with Gasteiger partial charge in [-0.2, -0.15) is 0 Å². The molecule has 1 atom stereocenters. The molecular formula is C21H22ClN3O4. The summed E-state index contributed by atoms with van der Waals surface area (Å²) < 4.78 is 4.64. The van der Waals surface area contributed by atoms with Gasteiger partial charge in [0.15, 0.2) is 5.38 Å². The molecule has 1 aliphatic carbocycles. The highest BCUT2D eigenvalue weighted by atomic mass is 35.5. The first-order valence-corrected chi connectivity index (χ1v) is 9.71. The Kier molecular flexibility index (Phi) is 6.49. The lowest BCUT2D eigenvalue weighted by Gasteiger charge is -2.12. The molecule has 2 N–H and O–H groups in total. The number of anilines is 1. The van der Waals surface area contributed by atoms with Crippen molar-refractivity contribution in [2.45, 2.75) is 25.1 Å². The zero-order valence-corrected chi connectivity index (χ0v) is 17.0. The van der Waals surface area contributed by atoms with E-state index >= 15 is 0 Å². The number of nitrogens with zero attached hydrogens (tertiary/aromatic N) is 1. The minimum absolute atomic E-state index is 0.0871. The molecule has 152 valence electrons. The second-order valence-corrected chi connectivity index (χ2v) is 7.40. The van der Waals surface area contributed by atoms with Crippen LogP contribution >= 0.6 is 11.6 Å². The normalized spacial score (nSPS) is 14.0. The summed E-state index contributed by atoms with van der Waals surface area (Å²) in [6.45, 7) is 2.35. The van der Waals surface area contributed by atoms with E-state index in [0.29, 0.717) is 29.4 Å². The van der Waals surface area contributed by atoms with Gasteiger partial charge in [0, 0.05) is 17.9 Å². The highest BCUT2D eigenvalue weighted by molar-refractivity contribution is 6.30. The second kappa shape index (κ2) is 9.05.